The van der Waals surface area contributed by atoms with Crippen LogP contribution in [0.1, 0.15) is 31.4 Å². The van der Waals surface area contributed by atoms with E-state index >= 15 is 0 Å². The molecule has 0 saturated carbocycles. The summed E-state index contributed by atoms with van der Waals surface area (Å²) in [6.45, 7) is 4.63. The third-order valence-corrected chi connectivity index (χ3v) is 8.07. The van der Waals surface area contributed by atoms with Crippen molar-refractivity contribution in [2.75, 3.05) is 27.9 Å². The van der Waals surface area contributed by atoms with Gasteiger partial charge in [0.25, 0.3) is 0 Å². The maximum Gasteiger partial charge on any atom is 0.500 e. The number of amides is 1. The van der Waals surface area contributed by atoms with Gasteiger partial charge in [-0.15, -0.1) is 0 Å². The van der Waals surface area contributed by atoms with E-state index in [1.807, 2.05) is 24.3 Å². The lowest BCUT2D eigenvalue weighted by Gasteiger charge is -2.26. The monoisotopic (exact) mass is 433 g/mol. The van der Waals surface area contributed by atoms with Crippen molar-refractivity contribution in [3.63, 3.8) is 0 Å². The van der Waals surface area contributed by atoms with Gasteiger partial charge >= 0.3 is 14.9 Å². The summed E-state index contributed by atoms with van der Waals surface area (Å²) in [6.07, 6.45) is 0.136. The van der Waals surface area contributed by atoms with E-state index in [9.17, 15) is 9.90 Å². The van der Waals surface area contributed by atoms with Crippen molar-refractivity contribution >= 4 is 14.9 Å². The van der Waals surface area contributed by atoms with Gasteiger partial charge < -0.3 is 28.4 Å². The van der Waals surface area contributed by atoms with Crippen LogP contribution in [0, 0.1) is 0 Å². The molecule has 1 amide bonds. The third kappa shape index (κ3) is 6.05. The van der Waals surface area contributed by atoms with Crippen LogP contribution in [-0.2, 0) is 18.7 Å². The fraction of sp³-hybridized carbons (Fsp3) is 0.409. The predicted molar refractivity (Wildman–Crippen MR) is 117 cm³/mol. The lowest BCUT2D eigenvalue weighted by atomic mass is 9.78. The van der Waals surface area contributed by atoms with Gasteiger partial charge in [-0.25, -0.2) is 4.79 Å². The molecule has 0 aromatic heterocycles. The first-order valence-corrected chi connectivity index (χ1v) is 11.7. The average molecular weight is 434 g/mol. The number of ether oxygens (including phenoxy) is 1. The van der Waals surface area contributed by atoms with E-state index in [4.69, 9.17) is 18.0 Å². The van der Waals surface area contributed by atoms with E-state index in [1.165, 1.54) is 0 Å². The summed E-state index contributed by atoms with van der Waals surface area (Å²) in [5.74, 6) is 0.705. The second kappa shape index (κ2) is 10.6. The molecule has 0 spiro atoms. The van der Waals surface area contributed by atoms with E-state index in [0.29, 0.717) is 24.8 Å². The summed E-state index contributed by atoms with van der Waals surface area (Å²) in [4.78, 5) is 12.0. The molecule has 0 fully saturated rings. The Morgan fingerprint density at radius 1 is 0.933 bits per heavy atom. The van der Waals surface area contributed by atoms with Crippen LogP contribution < -0.4 is 10.1 Å². The summed E-state index contributed by atoms with van der Waals surface area (Å²) in [5.41, 5.74) is 1.89. The molecule has 0 bridgehead atoms. The first-order valence-electron chi connectivity index (χ1n) is 9.77. The minimum atomic E-state index is -2.63. The highest BCUT2D eigenvalue weighted by atomic mass is 28.4. The molecule has 0 saturated heterocycles. The molecule has 0 aliphatic heterocycles. The number of rotatable bonds is 10. The van der Waals surface area contributed by atoms with Gasteiger partial charge in [0.1, 0.15) is 11.5 Å². The van der Waals surface area contributed by atoms with E-state index in [2.05, 4.69) is 19.2 Å². The van der Waals surface area contributed by atoms with Gasteiger partial charge in [-0.05, 0) is 41.8 Å². The quantitative estimate of drug-likeness (QED) is 0.434. The highest BCUT2D eigenvalue weighted by Crippen LogP contribution is 2.33. The van der Waals surface area contributed by atoms with Gasteiger partial charge in [-0.1, -0.05) is 38.1 Å². The summed E-state index contributed by atoms with van der Waals surface area (Å²) in [7, 11) is 2.06. The molecule has 0 aliphatic carbocycles. The van der Waals surface area contributed by atoms with E-state index in [1.54, 1.807) is 45.6 Å². The molecular weight excluding hydrogens is 402 g/mol. The van der Waals surface area contributed by atoms with Gasteiger partial charge in [0.2, 0.25) is 0 Å². The molecular formula is C22H31NO6Si. The topological polar surface area (TPSA) is 86.3 Å². The molecule has 8 heteroatoms. The molecule has 2 N–H and O–H groups in total. The zero-order chi connectivity index (χ0) is 22.2. The fourth-order valence-electron chi connectivity index (χ4n) is 3.18. The van der Waals surface area contributed by atoms with Gasteiger partial charge in [0, 0.05) is 39.3 Å². The number of hydrogen-bond donors (Lipinski definition) is 2. The average Bonchev–Trinajstić information content (AvgIpc) is 2.75. The van der Waals surface area contributed by atoms with Crippen LogP contribution in [0.3, 0.4) is 0 Å². The zero-order valence-electron chi connectivity index (χ0n) is 18.2. The molecule has 0 atom stereocenters. The Morgan fingerprint density at radius 2 is 1.43 bits per heavy atom. The highest BCUT2D eigenvalue weighted by Gasteiger charge is 2.36. The summed E-state index contributed by atoms with van der Waals surface area (Å²) < 4.78 is 21.4. The Labute approximate surface area is 179 Å². The molecule has 0 heterocycles. The third-order valence-electron chi connectivity index (χ3n) is 5.24. The normalized spacial score (nSPS) is 11.9. The van der Waals surface area contributed by atoms with Crippen molar-refractivity contribution < 1.29 is 27.9 Å². The number of phenols is 1. The smallest absolute Gasteiger partial charge is 0.500 e. The Morgan fingerprint density at radius 3 is 1.93 bits per heavy atom. The lowest BCUT2D eigenvalue weighted by molar-refractivity contribution is 0.123. The molecule has 2 aromatic carbocycles. The van der Waals surface area contributed by atoms with Crippen LogP contribution in [0.15, 0.2) is 48.5 Å². The van der Waals surface area contributed by atoms with Crippen LogP contribution in [0.2, 0.25) is 6.04 Å². The maximum absolute atomic E-state index is 12.0. The largest absolute Gasteiger partial charge is 0.508 e. The van der Waals surface area contributed by atoms with Crippen LogP contribution in [0.4, 0.5) is 4.79 Å². The molecule has 0 radical (unpaired) electrons. The standard InChI is InChI=1S/C22H31NO6Si/c1-22(2,17-7-11-19(24)12-8-17)18-9-13-20(14-10-18)29-21(25)23-15-6-16-30(26-3,27-4)28-5/h7-14,24H,6,15-16H2,1-5H3,(H,23,25). The highest BCUT2D eigenvalue weighted by molar-refractivity contribution is 6.60. The minimum absolute atomic E-state index is 0.240. The SMILES string of the molecule is CO[Si](CCCNC(=O)Oc1ccc(C(C)(C)c2ccc(O)cc2)cc1)(OC)OC. The number of benzene rings is 2. The van der Waals surface area contributed by atoms with Crippen LogP contribution >= 0.6 is 0 Å². The molecule has 0 aliphatic rings. The number of aromatic hydroxyl groups is 1. The molecule has 164 valence electrons. The molecule has 7 nitrogen and oxygen atoms in total. The van der Waals surface area contributed by atoms with E-state index in [0.717, 1.165) is 11.1 Å². The zero-order valence-corrected chi connectivity index (χ0v) is 19.2. The summed E-state index contributed by atoms with van der Waals surface area (Å²) in [5, 5.41) is 12.2. The van der Waals surface area contributed by atoms with Crippen molar-refractivity contribution in [2.45, 2.75) is 31.7 Å². The van der Waals surface area contributed by atoms with E-state index < -0.39 is 14.9 Å². The van der Waals surface area contributed by atoms with Gasteiger partial charge in [-0.2, -0.15) is 0 Å². The van der Waals surface area contributed by atoms with Crippen molar-refractivity contribution in [3.8, 4) is 11.5 Å². The van der Waals surface area contributed by atoms with Crippen LogP contribution in [0.5, 0.6) is 11.5 Å². The summed E-state index contributed by atoms with van der Waals surface area (Å²) in [6, 6.07) is 15.2. The Hall–Kier alpha value is -2.39. The second-order valence-electron chi connectivity index (χ2n) is 7.41. The first kappa shape index (κ1) is 23.9. The Balaban J connectivity index is 1.88. The maximum atomic E-state index is 12.0. The number of phenolic OH excluding ortho intramolecular Hbond substituents is 1. The van der Waals surface area contributed by atoms with E-state index in [-0.39, 0.29) is 11.2 Å². The van der Waals surface area contributed by atoms with Gasteiger partial charge in [0.15, 0.2) is 0 Å². The number of carbonyl (C=O) groups excluding carboxylic acids is 1. The van der Waals surface area contributed by atoms with Gasteiger partial charge in [0.05, 0.1) is 0 Å². The molecule has 2 aromatic rings. The van der Waals surface area contributed by atoms with Crippen molar-refractivity contribution in [1.29, 1.82) is 0 Å². The summed E-state index contributed by atoms with van der Waals surface area (Å²) >= 11 is 0. The van der Waals surface area contributed by atoms with Crippen LogP contribution in [0.25, 0.3) is 0 Å². The molecule has 2 rings (SSSR count). The number of carbonyl (C=O) groups is 1. The van der Waals surface area contributed by atoms with Crippen molar-refractivity contribution in [3.05, 3.63) is 59.7 Å². The molecule has 0 unspecified atom stereocenters. The second-order valence-corrected chi connectivity index (χ2v) is 10.5. The Kier molecular flexibility index (Phi) is 8.42. The van der Waals surface area contributed by atoms with Crippen LogP contribution in [-0.4, -0.2) is 47.9 Å². The lowest BCUT2D eigenvalue weighted by Crippen LogP contribution is -2.43. The number of hydrogen-bond acceptors (Lipinski definition) is 6. The predicted octanol–water partition coefficient (Wildman–Crippen LogP) is 4.07. The molecule has 30 heavy (non-hydrogen) atoms. The van der Waals surface area contributed by atoms with Crippen molar-refractivity contribution in [1.82, 2.24) is 5.32 Å². The van der Waals surface area contributed by atoms with Crippen molar-refractivity contribution in [2.24, 2.45) is 0 Å². The number of nitrogens with one attached hydrogen (secondary N) is 1. The fourth-order valence-corrected chi connectivity index (χ4v) is 4.90. The Bertz CT molecular complexity index is 795. The first-order chi connectivity index (χ1) is 14.3. The van der Waals surface area contributed by atoms with Gasteiger partial charge in [-0.3, -0.25) is 0 Å². The minimum Gasteiger partial charge on any atom is -0.508 e.